The van der Waals surface area contributed by atoms with Crippen LogP contribution in [-0.2, 0) is 18.4 Å². The number of piperidine rings is 1. The summed E-state index contributed by atoms with van der Waals surface area (Å²) in [5.74, 6) is 0.193. The van der Waals surface area contributed by atoms with E-state index in [-0.39, 0.29) is 22.9 Å². The van der Waals surface area contributed by atoms with Crippen LogP contribution >= 0.6 is 0 Å². The first kappa shape index (κ1) is 17.7. The maximum atomic E-state index is 12.5. The molecule has 1 atom stereocenters. The number of nitrogens with zero attached hydrogens (tertiary/aromatic N) is 3. The number of likely N-dealkylation sites (N-methyl/N-ethyl adjacent to an activating group) is 1. The number of aromatic nitrogens is 1. The molecule has 0 aliphatic carbocycles. The first-order valence-corrected chi connectivity index (χ1v) is 8.33. The van der Waals surface area contributed by atoms with Gasteiger partial charge in [-0.05, 0) is 31.0 Å². The molecule has 128 valence electrons. The zero-order valence-corrected chi connectivity index (χ0v) is 15.0. The third kappa shape index (κ3) is 4.44. The summed E-state index contributed by atoms with van der Waals surface area (Å²) in [6.07, 6.45) is 3.94. The summed E-state index contributed by atoms with van der Waals surface area (Å²) in [6, 6.07) is 3.95. The van der Waals surface area contributed by atoms with E-state index in [1.54, 1.807) is 17.7 Å². The molecule has 5 heteroatoms. The largest absolute Gasteiger partial charge is 0.341 e. The molecule has 0 saturated carbocycles. The summed E-state index contributed by atoms with van der Waals surface area (Å²) in [6.45, 7) is 8.55. The van der Waals surface area contributed by atoms with Crippen molar-refractivity contribution in [3.05, 3.63) is 34.2 Å². The lowest BCUT2D eigenvalue weighted by Crippen LogP contribution is -2.50. The van der Waals surface area contributed by atoms with E-state index in [9.17, 15) is 9.59 Å². The molecule has 1 unspecified atom stereocenters. The molecule has 1 saturated heterocycles. The first-order chi connectivity index (χ1) is 10.7. The highest BCUT2D eigenvalue weighted by Gasteiger charge is 2.31. The molecule has 23 heavy (non-hydrogen) atoms. The Morgan fingerprint density at radius 1 is 1.39 bits per heavy atom. The molecule has 0 spiro atoms. The minimum absolute atomic E-state index is 0.0242. The average Bonchev–Trinajstić information content (AvgIpc) is 2.49. The minimum atomic E-state index is -0.345. The van der Waals surface area contributed by atoms with Crippen LogP contribution in [0.15, 0.2) is 23.1 Å². The Morgan fingerprint density at radius 3 is 2.70 bits per heavy atom. The number of hydrogen-bond acceptors (Lipinski definition) is 3. The summed E-state index contributed by atoms with van der Waals surface area (Å²) >= 11 is 0. The van der Waals surface area contributed by atoms with Crippen molar-refractivity contribution in [2.75, 3.05) is 20.1 Å². The van der Waals surface area contributed by atoms with Gasteiger partial charge >= 0.3 is 0 Å². The maximum Gasteiger partial charge on any atom is 0.250 e. The molecule has 1 aliphatic rings. The van der Waals surface area contributed by atoms with Gasteiger partial charge in [-0.25, -0.2) is 0 Å². The predicted molar refractivity (Wildman–Crippen MR) is 92.2 cm³/mol. The van der Waals surface area contributed by atoms with Crippen molar-refractivity contribution in [2.45, 2.75) is 46.2 Å². The monoisotopic (exact) mass is 319 g/mol. The van der Waals surface area contributed by atoms with Gasteiger partial charge < -0.3 is 9.47 Å². The van der Waals surface area contributed by atoms with E-state index in [2.05, 4.69) is 4.90 Å². The highest BCUT2D eigenvalue weighted by Crippen LogP contribution is 2.22. The molecule has 1 fully saturated rings. The maximum absolute atomic E-state index is 12.5. The van der Waals surface area contributed by atoms with Crippen LogP contribution in [-0.4, -0.2) is 46.5 Å². The van der Waals surface area contributed by atoms with E-state index in [1.807, 2.05) is 45.0 Å². The van der Waals surface area contributed by atoms with E-state index in [0.717, 1.165) is 38.0 Å². The third-order valence-corrected chi connectivity index (χ3v) is 4.57. The van der Waals surface area contributed by atoms with Gasteiger partial charge in [0.15, 0.2) is 0 Å². The van der Waals surface area contributed by atoms with Crippen molar-refractivity contribution >= 4 is 5.91 Å². The fourth-order valence-electron chi connectivity index (χ4n) is 3.13. The van der Waals surface area contributed by atoms with Gasteiger partial charge in [0.2, 0.25) is 5.91 Å². The molecular weight excluding hydrogens is 290 g/mol. The highest BCUT2D eigenvalue weighted by atomic mass is 16.2. The predicted octanol–water partition coefficient (Wildman–Crippen LogP) is 1.85. The second-order valence-electron chi connectivity index (χ2n) is 7.68. The Morgan fingerprint density at radius 2 is 2.09 bits per heavy atom. The third-order valence-electron chi connectivity index (χ3n) is 4.57. The van der Waals surface area contributed by atoms with Crippen molar-refractivity contribution in [1.29, 1.82) is 0 Å². The Bertz CT molecular complexity index is 615. The van der Waals surface area contributed by atoms with Crippen molar-refractivity contribution < 1.29 is 4.79 Å². The number of rotatable bonds is 3. The van der Waals surface area contributed by atoms with Crippen molar-refractivity contribution in [3.63, 3.8) is 0 Å². The van der Waals surface area contributed by atoms with Crippen LogP contribution in [0.4, 0.5) is 0 Å². The molecular formula is C18H29N3O2. The topological polar surface area (TPSA) is 45.6 Å². The lowest BCUT2D eigenvalue weighted by atomic mass is 9.93. The zero-order chi connectivity index (χ0) is 17.2. The second-order valence-corrected chi connectivity index (χ2v) is 7.68. The zero-order valence-electron chi connectivity index (χ0n) is 15.0. The van der Waals surface area contributed by atoms with Crippen LogP contribution in [0.25, 0.3) is 0 Å². The van der Waals surface area contributed by atoms with Crippen molar-refractivity contribution in [3.8, 4) is 0 Å². The lowest BCUT2D eigenvalue weighted by Gasteiger charge is -2.39. The van der Waals surface area contributed by atoms with E-state index in [4.69, 9.17) is 0 Å². The molecule has 0 N–H and O–H groups in total. The quantitative estimate of drug-likeness (QED) is 0.854. The fraction of sp³-hybridized carbons (Fsp3) is 0.667. The summed E-state index contributed by atoms with van der Waals surface area (Å²) < 4.78 is 1.58. The van der Waals surface area contributed by atoms with Crippen LogP contribution in [0.1, 0.15) is 39.2 Å². The van der Waals surface area contributed by atoms with Crippen LogP contribution in [0, 0.1) is 5.41 Å². The summed E-state index contributed by atoms with van der Waals surface area (Å²) in [5, 5.41) is 0. The van der Waals surface area contributed by atoms with Gasteiger partial charge in [0.05, 0.1) is 0 Å². The molecule has 1 aliphatic heterocycles. The van der Waals surface area contributed by atoms with Gasteiger partial charge in [0.1, 0.15) is 0 Å². The molecule has 2 heterocycles. The van der Waals surface area contributed by atoms with E-state index in [1.165, 1.54) is 0 Å². The molecule has 0 aromatic carbocycles. The van der Waals surface area contributed by atoms with Gasteiger partial charge in [0, 0.05) is 50.9 Å². The van der Waals surface area contributed by atoms with Crippen LogP contribution in [0.2, 0.25) is 0 Å². The number of hydrogen-bond donors (Lipinski definition) is 0. The van der Waals surface area contributed by atoms with Gasteiger partial charge in [-0.15, -0.1) is 0 Å². The van der Waals surface area contributed by atoms with Crippen LogP contribution < -0.4 is 5.56 Å². The fourth-order valence-corrected chi connectivity index (χ4v) is 3.13. The Labute approximate surface area is 138 Å². The van der Waals surface area contributed by atoms with E-state index >= 15 is 0 Å². The standard InChI is InChI=1S/C18H29N3O2/c1-18(2,3)17(23)20(5)15-7-6-9-21(13-15)12-14-8-10-19(4)16(22)11-14/h8,10-11,15H,6-7,9,12-13H2,1-5H3. The average molecular weight is 319 g/mol. The number of pyridine rings is 1. The molecule has 1 aromatic heterocycles. The van der Waals surface area contributed by atoms with Crippen molar-refractivity contribution in [2.24, 2.45) is 12.5 Å². The Balaban J connectivity index is 2.01. The summed E-state index contributed by atoms with van der Waals surface area (Å²) in [7, 11) is 3.68. The number of likely N-dealkylation sites (tertiary alicyclic amines) is 1. The molecule has 5 nitrogen and oxygen atoms in total. The second kappa shape index (κ2) is 6.87. The van der Waals surface area contributed by atoms with E-state index < -0.39 is 0 Å². The molecule has 2 rings (SSSR count). The number of aryl methyl sites for hydroxylation is 1. The molecule has 0 radical (unpaired) electrons. The van der Waals surface area contributed by atoms with Crippen LogP contribution in [0.3, 0.4) is 0 Å². The smallest absolute Gasteiger partial charge is 0.250 e. The van der Waals surface area contributed by atoms with Crippen molar-refractivity contribution in [1.82, 2.24) is 14.4 Å². The lowest BCUT2D eigenvalue weighted by molar-refractivity contribution is -0.141. The number of amides is 1. The molecule has 0 bridgehead atoms. The molecule has 1 amide bonds. The highest BCUT2D eigenvalue weighted by molar-refractivity contribution is 5.81. The summed E-state index contributed by atoms with van der Waals surface area (Å²) in [4.78, 5) is 28.5. The summed E-state index contributed by atoms with van der Waals surface area (Å²) in [5.41, 5.74) is 0.720. The normalized spacial score (nSPS) is 19.6. The first-order valence-electron chi connectivity index (χ1n) is 8.33. The Hall–Kier alpha value is -1.62. The molecule has 1 aromatic rings. The SMILES string of the molecule is CN(C(=O)C(C)(C)C)C1CCCN(Cc2ccn(C)c(=O)c2)C1. The van der Waals surface area contributed by atoms with Gasteiger partial charge in [-0.3, -0.25) is 14.5 Å². The minimum Gasteiger partial charge on any atom is -0.341 e. The number of carbonyl (C=O) groups is 1. The van der Waals surface area contributed by atoms with Crippen LogP contribution in [0.5, 0.6) is 0 Å². The van der Waals surface area contributed by atoms with Gasteiger partial charge in [0.25, 0.3) is 5.56 Å². The van der Waals surface area contributed by atoms with E-state index in [0.29, 0.717) is 0 Å². The van der Waals surface area contributed by atoms with Gasteiger partial charge in [-0.2, -0.15) is 0 Å². The van der Waals surface area contributed by atoms with Gasteiger partial charge in [-0.1, -0.05) is 20.8 Å². The number of carbonyl (C=O) groups excluding carboxylic acids is 1. The Kier molecular flexibility index (Phi) is 5.30.